The normalized spacial score (nSPS) is 36.8. The summed E-state index contributed by atoms with van der Waals surface area (Å²) in [6.07, 6.45) is 9.81. The molecular formula is C14H25N3O. The average molecular weight is 251 g/mol. The van der Waals surface area contributed by atoms with Crippen molar-refractivity contribution in [1.82, 2.24) is 15.5 Å². The summed E-state index contributed by atoms with van der Waals surface area (Å²) in [5, 5.41) is 6.27. The maximum absolute atomic E-state index is 11.9. The van der Waals surface area contributed by atoms with Crippen molar-refractivity contribution in [3.8, 4) is 0 Å². The Labute approximate surface area is 109 Å². The molecule has 3 fully saturated rings. The van der Waals surface area contributed by atoms with Crippen LogP contribution in [0.3, 0.4) is 0 Å². The van der Waals surface area contributed by atoms with Crippen molar-refractivity contribution in [3.63, 3.8) is 0 Å². The Bertz CT molecular complexity index is 302. The third kappa shape index (κ3) is 2.48. The van der Waals surface area contributed by atoms with Gasteiger partial charge in [-0.1, -0.05) is 6.42 Å². The predicted molar refractivity (Wildman–Crippen MR) is 71.5 cm³/mol. The number of carbonyl (C=O) groups is 1. The van der Waals surface area contributed by atoms with Crippen LogP contribution in [0, 0.1) is 0 Å². The summed E-state index contributed by atoms with van der Waals surface area (Å²) < 4.78 is 0. The molecule has 2 saturated heterocycles. The Balaban J connectivity index is 1.49. The molecule has 2 heterocycles. The smallest absolute Gasteiger partial charge is 0.315 e. The number of amides is 2. The van der Waals surface area contributed by atoms with E-state index in [1.165, 1.54) is 25.7 Å². The van der Waals surface area contributed by atoms with Crippen LogP contribution in [-0.2, 0) is 0 Å². The standard InChI is InChI=1S/C14H25N3O/c1-17-12-6-3-7-13(17)9-11(8-12)16-14(18)15-10-4-2-5-10/h10-13H,2-9H2,1H3,(H2,15,16,18). The van der Waals surface area contributed by atoms with Crippen LogP contribution in [0.15, 0.2) is 0 Å². The summed E-state index contributed by atoms with van der Waals surface area (Å²) in [6.45, 7) is 0. The number of piperidine rings is 2. The van der Waals surface area contributed by atoms with Gasteiger partial charge in [0.1, 0.15) is 0 Å². The molecule has 0 radical (unpaired) electrons. The van der Waals surface area contributed by atoms with E-state index in [-0.39, 0.29) is 6.03 Å². The third-order valence-corrected chi connectivity index (χ3v) is 5.12. The number of nitrogens with zero attached hydrogens (tertiary/aromatic N) is 1. The van der Waals surface area contributed by atoms with E-state index in [0.717, 1.165) is 25.7 Å². The molecule has 2 amide bonds. The van der Waals surface area contributed by atoms with Gasteiger partial charge in [-0.05, 0) is 52.0 Å². The molecule has 0 spiro atoms. The van der Waals surface area contributed by atoms with Gasteiger partial charge < -0.3 is 15.5 Å². The first kappa shape index (κ1) is 12.3. The fourth-order valence-corrected chi connectivity index (χ4v) is 3.70. The average Bonchev–Trinajstić information content (AvgIpc) is 2.25. The van der Waals surface area contributed by atoms with Crippen molar-refractivity contribution < 1.29 is 4.79 Å². The Hall–Kier alpha value is -0.770. The van der Waals surface area contributed by atoms with Gasteiger partial charge in [0.15, 0.2) is 0 Å². The Morgan fingerprint density at radius 2 is 1.50 bits per heavy atom. The van der Waals surface area contributed by atoms with E-state index >= 15 is 0 Å². The fraction of sp³-hybridized carbons (Fsp3) is 0.929. The molecule has 3 aliphatic rings. The lowest BCUT2D eigenvalue weighted by Gasteiger charge is -2.47. The summed E-state index contributed by atoms with van der Waals surface area (Å²) in [6, 6.07) is 2.26. The lowest BCUT2D eigenvalue weighted by Crippen LogP contribution is -2.57. The van der Waals surface area contributed by atoms with Crippen LogP contribution in [0.25, 0.3) is 0 Å². The van der Waals surface area contributed by atoms with E-state index in [1.54, 1.807) is 0 Å². The van der Waals surface area contributed by atoms with Gasteiger partial charge in [-0.3, -0.25) is 0 Å². The van der Waals surface area contributed by atoms with Gasteiger partial charge >= 0.3 is 6.03 Å². The van der Waals surface area contributed by atoms with Crippen molar-refractivity contribution >= 4 is 6.03 Å². The second kappa shape index (κ2) is 5.08. The van der Waals surface area contributed by atoms with E-state index in [9.17, 15) is 4.79 Å². The van der Waals surface area contributed by atoms with Crippen molar-refractivity contribution in [2.24, 2.45) is 0 Å². The maximum atomic E-state index is 11.9. The van der Waals surface area contributed by atoms with Gasteiger partial charge in [0.2, 0.25) is 0 Å². The Morgan fingerprint density at radius 3 is 2.06 bits per heavy atom. The van der Waals surface area contributed by atoms with E-state index in [0.29, 0.717) is 24.2 Å². The number of hydrogen-bond donors (Lipinski definition) is 2. The highest BCUT2D eigenvalue weighted by Crippen LogP contribution is 2.32. The van der Waals surface area contributed by atoms with Crippen molar-refractivity contribution in [2.75, 3.05) is 7.05 Å². The highest BCUT2D eigenvalue weighted by atomic mass is 16.2. The molecule has 2 aliphatic heterocycles. The van der Waals surface area contributed by atoms with Gasteiger partial charge in [0, 0.05) is 24.2 Å². The Morgan fingerprint density at radius 1 is 0.944 bits per heavy atom. The Kier molecular flexibility index (Phi) is 3.46. The molecule has 4 heteroatoms. The van der Waals surface area contributed by atoms with E-state index in [1.807, 2.05) is 0 Å². The molecule has 2 N–H and O–H groups in total. The second-order valence-corrected chi connectivity index (χ2v) is 6.32. The summed E-state index contributed by atoms with van der Waals surface area (Å²) in [5.74, 6) is 0. The first-order valence-corrected chi connectivity index (χ1v) is 7.51. The molecule has 18 heavy (non-hydrogen) atoms. The summed E-state index contributed by atoms with van der Waals surface area (Å²) >= 11 is 0. The van der Waals surface area contributed by atoms with Crippen molar-refractivity contribution in [1.29, 1.82) is 0 Å². The van der Waals surface area contributed by atoms with Gasteiger partial charge in [0.25, 0.3) is 0 Å². The molecule has 0 aromatic rings. The van der Waals surface area contributed by atoms with Crippen molar-refractivity contribution in [2.45, 2.75) is 75.5 Å². The van der Waals surface area contributed by atoms with Gasteiger partial charge in [-0.2, -0.15) is 0 Å². The minimum atomic E-state index is 0.0623. The maximum Gasteiger partial charge on any atom is 0.315 e. The molecule has 102 valence electrons. The van der Waals surface area contributed by atoms with Crippen LogP contribution < -0.4 is 10.6 Å². The number of hydrogen-bond acceptors (Lipinski definition) is 2. The second-order valence-electron chi connectivity index (χ2n) is 6.32. The van der Waals surface area contributed by atoms with Gasteiger partial charge in [-0.25, -0.2) is 4.79 Å². The number of nitrogens with one attached hydrogen (secondary N) is 2. The molecule has 0 aromatic heterocycles. The minimum absolute atomic E-state index is 0.0623. The number of rotatable bonds is 2. The fourth-order valence-electron chi connectivity index (χ4n) is 3.70. The zero-order chi connectivity index (χ0) is 12.5. The topological polar surface area (TPSA) is 44.4 Å². The minimum Gasteiger partial charge on any atom is -0.335 e. The van der Waals surface area contributed by atoms with E-state index in [2.05, 4.69) is 22.6 Å². The van der Waals surface area contributed by atoms with Gasteiger partial charge in [0.05, 0.1) is 0 Å². The SMILES string of the molecule is CN1C2CCCC1CC(NC(=O)NC1CCC1)C2. The van der Waals surface area contributed by atoms with Crippen LogP contribution >= 0.6 is 0 Å². The number of urea groups is 1. The highest BCUT2D eigenvalue weighted by Gasteiger charge is 2.36. The zero-order valence-electron chi connectivity index (χ0n) is 11.3. The number of fused-ring (bicyclic) bond motifs is 2. The van der Waals surface area contributed by atoms with E-state index < -0.39 is 0 Å². The number of carbonyl (C=O) groups excluding carboxylic acids is 1. The first-order chi connectivity index (χ1) is 8.72. The van der Waals surface area contributed by atoms with Gasteiger partial charge in [-0.15, -0.1) is 0 Å². The molecule has 3 rings (SSSR count). The zero-order valence-corrected chi connectivity index (χ0v) is 11.3. The van der Waals surface area contributed by atoms with Crippen LogP contribution in [0.1, 0.15) is 51.4 Å². The lowest BCUT2D eigenvalue weighted by atomic mass is 9.82. The monoisotopic (exact) mass is 251 g/mol. The summed E-state index contributed by atoms with van der Waals surface area (Å²) in [7, 11) is 2.25. The molecule has 2 atom stereocenters. The van der Waals surface area contributed by atoms with Crippen LogP contribution in [0.4, 0.5) is 4.79 Å². The predicted octanol–water partition coefficient (Wildman–Crippen LogP) is 1.85. The quantitative estimate of drug-likeness (QED) is 0.786. The third-order valence-electron chi connectivity index (χ3n) is 5.12. The van der Waals surface area contributed by atoms with Crippen LogP contribution in [0.5, 0.6) is 0 Å². The lowest BCUT2D eigenvalue weighted by molar-refractivity contribution is 0.0507. The first-order valence-electron chi connectivity index (χ1n) is 7.51. The van der Waals surface area contributed by atoms with Crippen LogP contribution in [-0.4, -0.2) is 42.1 Å². The molecule has 4 nitrogen and oxygen atoms in total. The largest absolute Gasteiger partial charge is 0.335 e. The molecule has 2 bridgehead atoms. The summed E-state index contributed by atoms with van der Waals surface area (Å²) in [5.41, 5.74) is 0. The molecule has 1 saturated carbocycles. The molecule has 2 unspecified atom stereocenters. The van der Waals surface area contributed by atoms with Crippen LogP contribution in [0.2, 0.25) is 0 Å². The molecule has 1 aliphatic carbocycles. The van der Waals surface area contributed by atoms with E-state index in [4.69, 9.17) is 0 Å². The molecular weight excluding hydrogens is 226 g/mol. The molecule has 0 aromatic carbocycles. The van der Waals surface area contributed by atoms with Crippen molar-refractivity contribution in [3.05, 3.63) is 0 Å². The summed E-state index contributed by atoms with van der Waals surface area (Å²) in [4.78, 5) is 14.4. The highest BCUT2D eigenvalue weighted by molar-refractivity contribution is 5.74.